The fraction of sp³-hybridized carbons (Fsp3) is 0.316. The van der Waals surface area contributed by atoms with Crippen molar-refractivity contribution in [3.8, 4) is 0 Å². The van der Waals surface area contributed by atoms with Gasteiger partial charge < -0.3 is 15.0 Å². The van der Waals surface area contributed by atoms with Crippen LogP contribution in [0.15, 0.2) is 42.6 Å². The van der Waals surface area contributed by atoms with E-state index in [1.54, 1.807) is 12.1 Å². The molecule has 6 heteroatoms. The molecule has 4 rings (SSSR count). The number of pyridine rings is 1. The number of carboxylic acid groups (broad SMARTS) is 1. The van der Waals surface area contributed by atoms with E-state index in [-0.39, 0.29) is 5.56 Å². The molecule has 0 amide bonds. The molecule has 2 aromatic heterocycles. The van der Waals surface area contributed by atoms with Crippen LogP contribution < -0.4 is 4.90 Å². The quantitative estimate of drug-likeness (QED) is 0.765. The number of benzene rings is 1. The van der Waals surface area contributed by atoms with E-state index in [9.17, 15) is 4.79 Å². The van der Waals surface area contributed by atoms with E-state index in [0.717, 1.165) is 48.6 Å². The molecule has 1 atom stereocenters. The van der Waals surface area contributed by atoms with Crippen molar-refractivity contribution in [1.29, 1.82) is 0 Å². The number of fused-ring (bicyclic) bond motifs is 1. The number of hydrogen-bond donors (Lipinski definition) is 2. The fourth-order valence-electron chi connectivity index (χ4n) is 3.52. The number of nitrogens with one attached hydrogen (secondary N) is 1. The highest BCUT2D eigenvalue weighted by atomic mass is 16.4. The summed E-state index contributed by atoms with van der Waals surface area (Å²) in [6.07, 6.45) is 4.62. The van der Waals surface area contributed by atoms with Crippen LogP contribution in [0.25, 0.3) is 11.0 Å². The van der Waals surface area contributed by atoms with Gasteiger partial charge in [-0.25, -0.2) is 14.8 Å². The number of piperidine rings is 1. The number of imidazole rings is 1. The Bertz CT molecular complexity index is 855. The van der Waals surface area contributed by atoms with Gasteiger partial charge in [-0.3, -0.25) is 0 Å². The Morgan fingerprint density at radius 3 is 2.92 bits per heavy atom. The van der Waals surface area contributed by atoms with Crippen LogP contribution in [-0.2, 0) is 6.42 Å². The monoisotopic (exact) mass is 336 g/mol. The molecule has 2 N–H and O–H groups in total. The number of aromatic carboxylic acids is 1. The minimum absolute atomic E-state index is 0.222. The van der Waals surface area contributed by atoms with Crippen molar-refractivity contribution >= 4 is 22.8 Å². The van der Waals surface area contributed by atoms with Crippen molar-refractivity contribution in [1.82, 2.24) is 15.0 Å². The number of para-hydroxylation sites is 2. The second kappa shape index (κ2) is 6.55. The molecule has 1 aliphatic heterocycles. The Hall–Kier alpha value is -2.89. The first kappa shape index (κ1) is 15.6. The van der Waals surface area contributed by atoms with E-state index in [1.165, 1.54) is 12.6 Å². The molecule has 0 aliphatic carbocycles. The molecule has 25 heavy (non-hydrogen) atoms. The Labute approximate surface area is 145 Å². The molecule has 1 unspecified atom stereocenters. The molecule has 1 aromatic carbocycles. The van der Waals surface area contributed by atoms with E-state index in [1.807, 2.05) is 24.3 Å². The zero-order valence-electron chi connectivity index (χ0n) is 13.9. The van der Waals surface area contributed by atoms with Crippen LogP contribution in [-0.4, -0.2) is 39.1 Å². The first-order chi connectivity index (χ1) is 12.2. The molecule has 1 fully saturated rings. The number of hydrogen-bond acceptors (Lipinski definition) is 4. The molecule has 128 valence electrons. The Balaban J connectivity index is 1.46. The second-order valence-electron chi connectivity index (χ2n) is 6.57. The van der Waals surface area contributed by atoms with Crippen molar-refractivity contribution in [2.75, 3.05) is 18.0 Å². The Kier molecular flexibility index (Phi) is 4.09. The van der Waals surface area contributed by atoms with Gasteiger partial charge in [0, 0.05) is 25.7 Å². The maximum Gasteiger partial charge on any atom is 0.337 e. The van der Waals surface area contributed by atoms with Gasteiger partial charge in [0.15, 0.2) is 0 Å². The maximum absolute atomic E-state index is 11.0. The number of H-pyrrole nitrogens is 1. The summed E-state index contributed by atoms with van der Waals surface area (Å²) in [5, 5.41) is 8.99. The summed E-state index contributed by atoms with van der Waals surface area (Å²) in [6.45, 7) is 1.87. The van der Waals surface area contributed by atoms with Gasteiger partial charge >= 0.3 is 5.97 Å². The first-order valence-corrected chi connectivity index (χ1v) is 8.57. The summed E-state index contributed by atoms with van der Waals surface area (Å²) in [5.41, 5.74) is 2.31. The van der Waals surface area contributed by atoms with Crippen molar-refractivity contribution in [3.63, 3.8) is 0 Å². The molecule has 0 bridgehead atoms. The van der Waals surface area contributed by atoms with E-state index in [0.29, 0.717) is 5.92 Å². The number of carbonyl (C=O) groups is 1. The van der Waals surface area contributed by atoms with Crippen LogP contribution >= 0.6 is 0 Å². The van der Waals surface area contributed by atoms with Crippen LogP contribution in [0.4, 0.5) is 5.82 Å². The molecule has 0 saturated carbocycles. The van der Waals surface area contributed by atoms with E-state index in [2.05, 4.69) is 19.9 Å². The molecule has 3 aromatic rings. The molecule has 3 heterocycles. The van der Waals surface area contributed by atoms with Gasteiger partial charge in [-0.2, -0.15) is 0 Å². The van der Waals surface area contributed by atoms with E-state index >= 15 is 0 Å². The fourth-order valence-corrected chi connectivity index (χ4v) is 3.52. The lowest BCUT2D eigenvalue weighted by Gasteiger charge is -2.33. The molecular formula is C19H20N4O2. The van der Waals surface area contributed by atoms with Crippen LogP contribution in [0.5, 0.6) is 0 Å². The van der Waals surface area contributed by atoms with Crippen molar-refractivity contribution in [2.45, 2.75) is 19.3 Å². The van der Waals surface area contributed by atoms with E-state index in [4.69, 9.17) is 5.11 Å². The SMILES string of the molecule is O=C(O)c1ccc(N2CCCC(Cc3nc4ccccc4[nH]3)C2)nc1. The highest BCUT2D eigenvalue weighted by Crippen LogP contribution is 2.24. The normalized spacial score (nSPS) is 17.8. The van der Waals surface area contributed by atoms with Crippen molar-refractivity contribution in [2.24, 2.45) is 5.92 Å². The van der Waals surface area contributed by atoms with Gasteiger partial charge in [-0.05, 0) is 43.0 Å². The molecule has 1 aliphatic rings. The minimum atomic E-state index is -0.944. The smallest absolute Gasteiger partial charge is 0.337 e. The third-order valence-electron chi connectivity index (χ3n) is 4.76. The number of rotatable bonds is 4. The van der Waals surface area contributed by atoms with Crippen LogP contribution in [0, 0.1) is 5.92 Å². The highest BCUT2D eigenvalue weighted by Gasteiger charge is 2.22. The molecule has 1 saturated heterocycles. The number of aromatic nitrogens is 3. The highest BCUT2D eigenvalue weighted by molar-refractivity contribution is 5.87. The summed E-state index contributed by atoms with van der Waals surface area (Å²) in [6, 6.07) is 11.5. The standard InChI is InChI=1S/C19H20N4O2/c24-19(25)14-7-8-18(20-11-14)23-9-3-4-13(12-23)10-17-21-15-5-1-2-6-16(15)22-17/h1-2,5-8,11,13H,3-4,9-10,12H2,(H,21,22)(H,24,25). The average Bonchev–Trinajstić information content (AvgIpc) is 3.04. The van der Waals surface area contributed by atoms with Gasteiger partial charge in [0.2, 0.25) is 0 Å². The number of nitrogens with zero attached hydrogens (tertiary/aromatic N) is 3. The molecular weight excluding hydrogens is 316 g/mol. The largest absolute Gasteiger partial charge is 0.478 e. The van der Waals surface area contributed by atoms with Crippen molar-refractivity contribution < 1.29 is 9.90 Å². The van der Waals surface area contributed by atoms with Crippen molar-refractivity contribution in [3.05, 3.63) is 54.0 Å². The molecule has 6 nitrogen and oxygen atoms in total. The summed E-state index contributed by atoms with van der Waals surface area (Å²) >= 11 is 0. The summed E-state index contributed by atoms with van der Waals surface area (Å²) in [7, 11) is 0. The topological polar surface area (TPSA) is 82.1 Å². The van der Waals surface area contributed by atoms with Crippen LogP contribution in [0.1, 0.15) is 29.0 Å². The number of aromatic amines is 1. The van der Waals surface area contributed by atoms with Gasteiger partial charge in [0.05, 0.1) is 16.6 Å². The Morgan fingerprint density at radius 1 is 1.28 bits per heavy atom. The Morgan fingerprint density at radius 2 is 2.16 bits per heavy atom. The van der Waals surface area contributed by atoms with Gasteiger partial charge in [0.1, 0.15) is 11.6 Å². The van der Waals surface area contributed by atoms with Gasteiger partial charge in [-0.15, -0.1) is 0 Å². The first-order valence-electron chi connectivity index (χ1n) is 8.57. The summed E-state index contributed by atoms with van der Waals surface area (Å²) < 4.78 is 0. The zero-order chi connectivity index (χ0) is 17.2. The van der Waals surface area contributed by atoms with E-state index < -0.39 is 5.97 Å². The average molecular weight is 336 g/mol. The predicted molar refractivity (Wildman–Crippen MR) is 95.9 cm³/mol. The van der Waals surface area contributed by atoms with Crippen LogP contribution in [0.2, 0.25) is 0 Å². The minimum Gasteiger partial charge on any atom is -0.478 e. The zero-order valence-corrected chi connectivity index (χ0v) is 13.9. The third kappa shape index (κ3) is 3.33. The van der Waals surface area contributed by atoms with Gasteiger partial charge in [0.25, 0.3) is 0 Å². The number of anilines is 1. The summed E-state index contributed by atoms with van der Waals surface area (Å²) in [5.74, 6) is 1.44. The number of carboxylic acids is 1. The lowest BCUT2D eigenvalue weighted by Crippen LogP contribution is -2.36. The lowest BCUT2D eigenvalue weighted by atomic mass is 9.94. The molecule has 0 radical (unpaired) electrons. The van der Waals surface area contributed by atoms with Gasteiger partial charge in [-0.1, -0.05) is 12.1 Å². The second-order valence-corrected chi connectivity index (χ2v) is 6.57. The van der Waals surface area contributed by atoms with Crippen LogP contribution in [0.3, 0.4) is 0 Å². The summed E-state index contributed by atoms with van der Waals surface area (Å²) in [4.78, 5) is 25.6. The molecule has 0 spiro atoms. The third-order valence-corrected chi connectivity index (χ3v) is 4.76. The predicted octanol–water partition coefficient (Wildman–Crippen LogP) is 3.12. The maximum atomic E-state index is 11.0. The lowest BCUT2D eigenvalue weighted by molar-refractivity contribution is 0.0696.